The Labute approximate surface area is 89.4 Å². The van der Waals surface area contributed by atoms with E-state index in [4.69, 9.17) is 0 Å². The SMILES string of the molecule is CC.CCCc1ccccc1CCC. The van der Waals surface area contributed by atoms with Crippen LogP contribution in [0, 0.1) is 0 Å². The number of hydrogen-bond acceptors (Lipinski definition) is 0. The van der Waals surface area contributed by atoms with Gasteiger partial charge in [-0.25, -0.2) is 0 Å². The minimum atomic E-state index is 1.23. The van der Waals surface area contributed by atoms with Gasteiger partial charge in [0.2, 0.25) is 0 Å². The topological polar surface area (TPSA) is 0 Å². The maximum absolute atomic E-state index is 2.26. The largest absolute Gasteiger partial charge is 0.0683 e. The van der Waals surface area contributed by atoms with Gasteiger partial charge in [0.25, 0.3) is 0 Å². The average molecular weight is 192 g/mol. The summed E-state index contributed by atoms with van der Waals surface area (Å²) in [5.74, 6) is 0. The minimum absolute atomic E-state index is 1.23. The fourth-order valence-corrected chi connectivity index (χ4v) is 1.58. The highest BCUT2D eigenvalue weighted by atomic mass is 14.0. The van der Waals surface area contributed by atoms with E-state index >= 15 is 0 Å². The average Bonchev–Trinajstić information content (AvgIpc) is 2.25. The Morgan fingerprint density at radius 1 is 0.786 bits per heavy atom. The van der Waals surface area contributed by atoms with Crippen molar-refractivity contribution < 1.29 is 0 Å². The fourth-order valence-electron chi connectivity index (χ4n) is 1.58. The molecule has 0 fully saturated rings. The van der Waals surface area contributed by atoms with E-state index in [-0.39, 0.29) is 0 Å². The Bertz CT molecular complexity index is 200. The second-order valence-electron chi connectivity index (χ2n) is 3.27. The van der Waals surface area contributed by atoms with Crippen molar-refractivity contribution in [3.8, 4) is 0 Å². The Morgan fingerprint density at radius 3 is 1.43 bits per heavy atom. The molecule has 1 aromatic carbocycles. The summed E-state index contributed by atoms with van der Waals surface area (Å²) in [6.07, 6.45) is 4.97. The first-order valence-corrected chi connectivity index (χ1v) is 5.95. The van der Waals surface area contributed by atoms with Gasteiger partial charge in [0, 0.05) is 0 Å². The van der Waals surface area contributed by atoms with Crippen LogP contribution in [0.1, 0.15) is 51.7 Å². The van der Waals surface area contributed by atoms with Gasteiger partial charge < -0.3 is 0 Å². The molecule has 0 aliphatic carbocycles. The molecule has 0 bridgehead atoms. The molecule has 1 rings (SSSR count). The number of benzene rings is 1. The van der Waals surface area contributed by atoms with Crippen LogP contribution in [0.5, 0.6) is 0 Å². The summed E-state index contributed by atoms with van der Waals surface area (Å²) >= 11 is 0. The summed E-state index contributed by atoms with van der Waals surface area (Å²) in [5.41, 5.74) is 3.09. The zero-order chi connectivity index (χ0) is 10.8. The predicted octanol–water partition coefficient (Wildman–Crippen LogP) is 4.62. The first-order chi connectivity index (χ1) is 6.88. The summed E-state index contributed by atoms with van der Waals surface area (Å²) < 4.78 is 0. The lowest BCUT2D eigenvalue weighted by atomic mass is 10.00. The molecular weight excluding hydrogens is 168 g/mol. The van der Waals surface area contributed by atoms with E-state index in [1.807, 2.05) is 13.8 Å². The fraction of sp³-hybridized carbons (Fsp3) is 0.571. The van der Waals surface area contributed by atoms with Crippen molar-refractivity contribution in [2.24, 2.45) is 0 Å². The van der Waals surface area contributed by atoms with Gasteiger partial charge in [-0.05, 0) is 24.0 Å². The van der Waals surface area contributed by atoms with Crippen molar-refractivity contribution in [3.63, 3.8) is 0 Å². The monoisotopic (exact) mass is 192 g/mol. The predicted molar refractivity (Wildman–Crippen MR) is 65.8 cm³/mol. The molecule has 0 aliphatic rings. The van der Waals surface area contributed by atoms with Gasteiger partial charge in [-0.1, -0.05) is 64.8 Å². The van der Waals surface area contributed by atoms with E-state index in [0.717, 1.165) is 0 Å². The summed E-state index contributed by atoms with van der Waals surface area (Å²) in [5, 5.41) is 0. The zero-order valence-electron chi connectivity index (χ0n) is 10.1. The second-order valence-corrected chi connectivity index (χ2v) is 3.27. The maximum Gasteiger partial charge on any atom is -0.0279 e. The molecule has 0 N–H and O–H groups in total. The van der Waals surface area contributed by atoms with E-state index in [1.165, 1.54) is 25.7 Å². The van der Waals surface area contributed by atoms with Crippen LogP contribution in [0.25, 0.3) is 0 Å². The van der Waals surface area contributed by atoms with Crippen molar-refractivity contribution in [2.75, 3.05) is 0 Å². The van der Waals surface area contributed by atoms with Gasteiger partial charge in [0.15, 0.2) is 0 Å². The highest BCUT2D eigenvalue weighted by molar-refractivity contribution is 5.27. The molecule has 0 aliphatic heterocycles. The highest BCUT2D eigenvalue weighted by Gasteiger charge is 1.98. The van der Waals surface area contributed by atoms with Crippen LogP contribution in [-0.4, -0.2) is 0 Å². The molecule has 80 valence electrons. The standard InChI is InChI=1S/C12H18.C2H6/c1-3-7-11-9-5-6-10-12(11)8-4-2;1-2/h5-6,9-10H,3-4,7-8H2,1-2H3;1-2H3. The number of aryl methyl sites for hydroxylation is 2. The molecule has 0 saturated carbocycles. The van der Waals surface area contributed by atoms with E-state index in [9.17, 15) is 0 Å². The molecule has 0 radical (unpaired) electrons. The summed E-state index contributed by atoms with van der Waals surface area (Å²) in [6, 6.07) is 8.80. The molecule has 0 saturated heterocycles. The molecule has 0 amide bonds. The quantitative estimate of drug-likeness (QED) is 0.653. The Hall–Kier alpha value is -0.780. The molecule has 0 atom stereocenters. The second kappa shape index (κ2) is 8.80. The van der Waals surface area contributed by atoms with Gasteiger partial charge in [0.1, 0.15) is 0 Å². The van der Waals surface area contributed by atoms with Crippen LogP contribution in [0.3, 0.4) is 0 Å². The summed E-state index contributed by atoms with van der Waals surface area (Å²) in [7, 11) is 0. The van der Waals surface area contributed by atoms with Crippen molar-refractivity contribution in [3.05, 3.63) is 35.4 Å². The van der Waals surface area contributed by atoms with Crippen molar-refractivity contribution >= 4 is 0 Å². The smallest absolute Gasteiger partial charge is 0.0279 e. The molecule has 1 aromatic rings. The van der Waals surface area contributed by atoms with Crippen LogP contribution in [0.2, 0.25) is 0 Å². The molecule has 0 spiro atoms. The Balaban J connectivity index is 0.000000791. The maximum atomic E-state index is 2.26. The molecule has 0 nitrogen and oxygen atoms in total. The van der Waals surface area contributed by atoms with E-state index < -0.39 is 0 Å². The molecule has 0 unspecified atom stereocenters. The molecule has 0 aromatic heterocycles. The minimum Gasteiger partial charge on any atom is -0.0683 e. The first-order valence-electron chi connectivity index (χ1n) is 5.95. The third-order valence-corrected chi connectivity index (χ3v) is 2.16. The van der Waals surface area contributed by atoms with Gasteiger partial charge in [-0.2, -0.15) is 0 Å². The van der Waals surface area contributed by atoms with Crippen molar-refractivity contribution in [1.29, 1.82) is 0 Å². The van der Waals surface area contributed by atoms with Gasteiger partial charge >= 0.3 is 0 Å². The van der Waals surface area contributed by atoms with Gasteiger partial charge in [-0.3, -0.25) is 0 Å². The molecule has 14 heavy (non-hydrogen) atoms. The van der Waals surface area contributed by atoms with Gasteiger partial charge in [-0.15, -0.1) is 0 Å². The number of rotatable bonds is 4. The lowest BCUT2D eigenvalue weighted by Crippen LogP contribution is -1.92. The van der Waals surface area contributed by atoms with Crippen molar-refractivity contribution in [2.45, 2.75) is 53.4 Å². The van der Waals surface area contributed by atoms with Crippen LogP contribution < -0.4 is 0 Å². The summed E-state index contributed by atoms with van der Waals surface area (Å²) in [6.45, 7) is 8.48. The molecule has 0 heteroatoms. The van der Waals surface area contributed by atoms with Crippen molar-refractivity contribution in [1.82, 2.24) is 0 Å². The highest BCUT2D eigenvalue weighted by Crippen LogP contribution is 2.12. The van der Waals surface area contributed by atoms with Crippen LogP contribution in [0.4, 0.5) is 0 Å². The first kappa shape index (κ1) is 13.2. The van der Waals surface area contributed by atoms with Gasteiger partial charge in [0.05, 0.1) is 0 Å². The van der Waals surface area contributed by atoms with Crippen LogP contribution >= 0.6 is 0 Å². The normalized spacial score (nSPS) is 9.14. The lowest BCUT2D eigenvalue weighted by molar-refractivity contribution is 0.861. The van der Waals surface area contributed by atoms with Crippen LogP contribution in [-0.2, 0) is 12.8 Å². The third kappa shape index (κ3) is 4.45. The lowest BCUT2D eigenvalue weighted by Gasteiger charge is -2.06. The van der Waals surface area contributed by atoms with E-state index in [1.54, 1.807) is 11.1 Å². The van der Waals surface area contributed by atoms with E-state index in [2.05, 4.69) is 38.1 Å². The van der Waals surface area contributed by atoms with E-state index in [0.29, 0.717) is 0 Å². The summed E-state index contributed by atoms with van der Waals surface area (Å²) in [4.78, 5) is 0. The molecule has 0 heterocycles. The third-order valence-electron chi connectivity index (χ3n) is 2.16. The number of hydrogen-bond donors (Lipinski definition) is 0. The Kier molecular flexibility index (Phi) is 8.31. The zero-order valence-corrected chi connectivity index (χ0v) is 10.1. The van der Waals surface area contributed by atoms with Crippen LogP contribution in [0.15, 0.2) is 24.3 Å². The molecular formula is C14H24. The Morgan fingerprint density at radius 2 is 1.14 bits per heavy atom.